The molecule has 5 aromatic rings. The van der Waals surface area contributed by atoms with Crippen LogP contribution in [0.1, 0.15) is 58.2 Å². The zero-order chi connectivity index (χ0) is 32.5. The van der Waals surface area contributed by atoms with E-state index in [4.69, 9.17) is 0 Å². The lowest BCUT2D eigenvalue weighted by molar-refractivity contribution is 0.569. The van der Waals surface area contributed by atoms with Gasteiger partial charge in [0.1, 0.15) is 13.9 Å². The van der Waals surface area contributed by atoms with Gasteiger partial charge in [0.05, 0.1) is 0 Å². The Morgan fingerprint density at radius 3 is 1.52 bits per heavy atom. The molecule has 0 N–H and O–H groups in total. The third-order valence-corrected chi connectivity index (χ3v) is 14.2. The fourth-order valence-electron chi connectivity index (χ4n) is 8.21. The lowest BCUT2D eigenvalue weighted by Gasteiger charge is -2.50. The van der Waals surface area contributed by atoms with Crippen molar-refractivity contribution in [3.63, 3.8) is 0 Å². The summed E-state index contributed by atoms with van der Waals surface area (Å²) in [7, 11) is -2.09. The van der Waals surface area contributed by atoms with Gasteiger partial charge in [0, 0.05) is 34.1 Å². The molecule has 5 heteroatoms. The van der Waals surface area contributed by atoms with Crippen LogP contribution in [0, 0.1) is 12.7 Å². The molecular weight excluding hydrogens is 578 g/mol. The summed E-state index contributed by atoms with van der Waals surface area (Å²) >= 11 is 0. The highest BCUT2D eigenvalue weighted by Gasteiger charge is 2.51. The van der Waals surface area contributed by atoms with Crippen LogP contribution in [0.3, 0.4) is 0 Å². The van der Waals surface area contributed by atoms with Crippen LogP contribution in [0.4, 0.5) is 38.5 Å². The molecule has 3 aliphatic heterocycles. The third kappa shape index (κ3) is 4.07. The molecule has 46 heavy (non-hydrogen) atoms. The number of anilines is 6. The molecule has 0 amide bonds. The van der Waals surface area contributed by atoms with Gasteiger partial charge in [-0.05, 0) is 111 Å². The van der Waals surface area contributed by atoms with Gasteiger partial charge in [0.2, 0.25) is 0 Å². The zero-order valence-electron chi connectivity index (χ0n) is 28.5. The van der Waals surface area contributed by atoms with Crippen molar-refractivity contribution in [2.45, 2.75) is 72.4 Å². The first-order valence-corrected chi connectivity index (χ1v) is 19.6. The second-order valence-corrected chi connectivity index (χ2v) is 20.5. The van der Waals surface area contributed by atoms with Gasteiger partial charge >= 0.3 is 0 Å². The van der Waals surface area contributed by atoms with Gasteiger partial charge in [-0.15, -0.1) is 0 Å². The number of halogens is 1. The Labute approximate surface area is 275 Å². The second-order valence-electron chi connectivity index (χ2n) is 16.2. The lowest BCUT2D eigenvalue weighted by atomic mass is 9.33. The monoisotopic (exact) mass is 620 g/mol. The van der Waals surface area contributed by atoms with Gasteiger partial charge < -0.3 is 9.80 Å². The van der Waals surface area contributed by atoms with Crippen molar-refractivity contribution in [1.29, 1.82) is 0 Å². The number of benzene rings is 5. The Morgan fingerprint density at radius 2 is 1.04 bits per heavy atom. The van der Waals surface area contributed by atoms with E-state index in [1.807, 2.05) is 12.1 Å². The Bertz CT molecular complexity index is 2050. The molecule has 2 nitrogen and oxygen atoms in total. The molecule has 0 spiro atoms. The summed E-state index contributed by atoms with van der Waals surface area (Å²) in [5.41, 5.74) is 15.3. The predicted octanol–water partition coefficient (Wildman–Crippen LogP) is 7.95. The molecule has 0 saturated heterocycles. The Kier molecular flexibility index (Phi) is 6.04. The average molecular weight is 621 g/mol. The summed E-state index contributed by atoms with van der Waals surface area (Å²) in [4.78, 5) is 4.96. The zero-order valence-corrected chi connectivity index (χ0v) is 29.5. The number of nitrogens with zero attached hydrogens (tertiary/aromatic N) is 2. The van der Waals surface area contributed by atoms with E-state index in [0.29, 0.717) is 0 Å². The first-order valence-electron chi connectivity index (χ1n) is 16.6. The first kappa shape index (κ1) is 29.3. The maximum atomic E-state index is 14.3. The molecule has 3 heterocycles. The number of rotatable bonds is 2. The normalized spacial score (nSPS) is 15.7. The van der Waals surface area contributed by atoms with E-state index in [-0.39, 0.29) is 23.4 Å². The van der Waals surface area contributed by atoms with Gasteiger partial charge in [0.15, 0.2) is 0 Å². The van der Waals surface area contributed by atoms with Gasteiger partial charge in [-0.1, -0.05) is 95.3 Å². The van der Waals surface area contributed by atoms with E-state index in [9.17, 15) is 4.39 Å². The van der Waals surface area contributed by atoms with Crippen molar-refractivity contribution >= 4 is 75.7 Å². The molecule has 8 rings (SSSR count). The minimum atomic E-state index is -2.09. The molecule has 0 unspecified atom stereocenters. The van der Waals surface area contributed by atoms with Crippen LogP contribution in [-0.2, 0) is 10.8 Å². The van der Waals surface area contributed by atoms with Crippen LogP contribution < -0.4 is 36.6 Å². The van der Waals surface area contributed by atoms with E-state index in [0.717, 1.165) is 5.69 Å². The minimum absolute atomic E-state index is 0.00138. The SMILES string of the molecule is Cc1cc2c3c(c1)N(c1cc(C(C)(C)C)cc(C(C)(C)C)c1)c1cccc4c1B3c1c(cccc1[Si]4(C)C)N2c1ccc(F)cc1. The highest BCUT2D eigenvalue weighted by molar-refractivity contribution is 7.16. The first-order chi connectivity index (χ1) is 21.7. The third-order valence-electron chi connectivity index (χ3n) is 10.6. The summed E-state index contributed by atoms with van der Waals surface area (Å²) in [6, 6.07) is 33.0. The fraction of sp³-hybridized carbons (Fsp3) is 0.268. The van der Waals surface area contributed by atoms with E-state index in [2.05, 4.69) is 138 Å². The van der Waals surface area contributed by atoms with Crippen LogP contribution in [-0.4, -0.2) is 14.8 Å². The molecule has 0 saturated carbocycles. The lowest BCUT2D eigenvalue weighted by Crippen LogP contribution is -2.79. The predicted molar refractivity (Wildman–Crippen MR) is 199 cm³/mol. The summed E-state index contributed by atoms with van der Waals surface area (Å²) in [6.07, 6.45) is 0. The second kappa shape index (κ2) is 9.48. The van der Waals surface area contributed by atoms with Gasteiger partial charge in [0.25, 0.3) is 6.71 Å². The molecule has 3 aliphatic rings. The topological polar surface area (TPSA) is 6.48 Å². The Hall–Kier alpha value is -4.09. The number of hydrogen-bond donors (Lipinski definition) is 0. The van der Waals surface area contributed by atoms with E-state index in [1.165, 1.54) is 71.9 Å². The van der Waals surface area contributed by atoms with E-state index >= 15 is 0 Å². The van der Waals surface area contributed by atoms with Gasteiger partial charge in [-0.25, -0.2) is 4.39 Å². The largest absolute Gasteiger partial charge is 0.311 e. The minimum Gasteiger partial charge on any atom is -0.311 e. The molecule has 0 bridgehead atoms. The molecule has 0 fully saturated rings. The molecule has 0 radical (unpaired) electrons. The van der Waals surface area contributed by atoms with Crippen molar-refractivity contribution in [3.8, 4) is 0 Å². The van der Waals surface area contributed by atoms with E-state index < -0.39 is 8.07 Å². The highest BCUT2D eigenvalue weighted by Crippen LogP contribution is 2.46. The number of aryl methyl sites for hydroxylation is 1. The van der Waals surface area contributed by atoms with Gasteiger partial charge in [-0.3, -0.25) is 0 Å². The Morgan fingerprint density at radius 1 is 0.565 bits per heavy atom. The van der Waals surface area contributed by atoms with Crippen molar-refractivity contribution in [2.75, 3.05) is 9.80 Å². The molecular formula is C41H42BFN2Si. The summed E-state index contributed by atoms with van der Waals surface area (Å²) in [5, 5.41) is 3.03. The Balaban J connectivity index is 1.52. The summed E-state index contributed by atoms with van der Waals surface area (Å²) < 4.78 is 14.3. The molecule has 5 aromatic carbocycles. The van der Waals surface area contributed by atoms with Crippen molar-refractivity contribution in [2.24, 2.45) is 0 Å². The molecule has 0 atom stereocenters. The fourth-order valence-corrected chi connectivity index (χ4v) is 11.4. The molecule has 230 valence electrons. The average Bonchev–Trinajstić information content (AvgIpc) is 2.99. The highest BCUT2D eigenvalue weighted by atomic mass is 28.3. The van der Waals surface area contributed by atoms with Crippen molar-refractivity contribution < 1.29 is 4.39 Å². The maximum absolute atomic E-state index is 14.3. The number of hydrogen-bond acceptors (Lipinski definition) is 2. The smallest absolute Gasteiger partial charge is 0.251 e. The van der Waals surface area contributed by atoms with Gasteiger partial charge in [-0.2, -0.15) is 0 Å². The summed E-state index contributed by atoms with van der Waals surface area (Å²) in [5.74, 6) is -0.216. The molecule has 0 aromatic heterocycles. The van der Waals surface area contributed by atoms with E-state index in [1.54, 1.807) is 12.1 Å². The van der Waals surface area contributed by atoms with Crippen molar-refractivity contribution in [3.05, 3.63) is 114 Å². The van der Waals surface area contributed by atoms with Crippen LogP contribution in [0.5, 0.6) is 0 Å². The molecule has 0 aliphatic carbocycles. The standard InChI is InChI=1S/C41H42BFN2Si/c1-25-20-33-37-34(21-25)45(30-23-26(40(2,3)4)22-27(24-30)41(5,6)7)32-13-11-15-36-39(32)42(37)38-31(12-10-14-35(38)46(36,8)9)44(33)29-18-16-28(43)17-19-29/h10-24H,1-9H3. The van der Waals surface area contributed by atoms with Crippen LogP contribution in [0.15, 0.2) is 91.0 Å². The van der Waals surface area contributed by atoms with Crippen molar-refractivity contribution in [1.82, 2.24) is 0 Å². The van der Waals surface area contributed by atoms with Crippen LogP contribution >= 0.6 is 0 Å². The maximum Gasteiger partial charge on any atom is 0.251 e. The quantitative estimate of drug-likeness (QED) is 0.181. The van der Waals surface area contributed by atoms with Crippen LogP contribution in [0.2, 0.25) is 13.1 Å². The van der Waals surface area contributed by atoms with Crippen LogP contribution in [0.25, 0.3) is 0 Å². The summed E-state index contributed by atoms with van der Waals surface area (Å²) in [6.45, 7) is 21.3.